The minimum Gasteiger partial charge on any atom is -0.462 e. The first kappa shape index (κ1) is 69.8. The van der Waals surface area contributed by atoms with Gasteiger partial charge >= 0.3 is 17.9 Å². The van der Waals surface area contributed by atoms with Crippen LogP contribution in [0.3, 0.4) is 0 Å². The summed E-state index contributed by atoms with van der Waals surface area (Å²) in [4.78, 5) is 38.2. The van der Waals surface area contributed by atoms with E-state index >= 15 is 0 Å². The molecule has 0 bridgehead atoms. The van der Waals surface area contributed by atoms with Crippen LogP contribution in [0.4, 0.5) is 0 Å². The molecule has 0 aliphatic heterocycles. The van der Waals surface area contributed by atoms with Crippen molar-refractivity contribution in [3.63, 3.8) is 0 Å². The molecule has 0 aliphatic carbocycles. The van der Waals surface area contributed by atoms with E-state index in [0.717, 1.165) is 135 Å². The van der Waals surface area contributed by atoms with Crippen LogP contribution in [0.1, 0.15) is 271 Å². The third-order valence-corrected chi connectivity index (χ3v) is 12.7. The minimum atomic E-state index is -0.803. The molecule has 0 saturated heterocycles. The number of carbonyl (C=O) groups is 3. The Balaban J connectivity index is 4.41. The molecule has 0 saturated carbocycles. The van der Waals surface area contributed by atoms with Crippen molar-refractivity contribution in [3.05, 3.63) is 122 Å². The monoisotopic (exact) mass is 1020 g/mol. The minimum absolute atomic E-state index is 0.0995. The topological polar surface area (TPSA) is 78.9 Å². The SMILES string of the molecule is CC/C=C\C/C=C\C/C=C\C/C=C\C/C=C\C/C=C\CCCCCCCCC(=O)OCC(COC(=O)CCCCC/C=C\C/C=C\C/C=C\CC)OC(=O)CCCCCCCCC/C=C\CCCCCCCCC. The molecule has 0 radical (unpaired) electrons. The van der Waals surface area contributed by atoms with Crippen molar-refractivity contribution in [2.45, 2.75) is 277 Å². The molecular formula is C68H112O6. The fraction of sp³-hybridized carbons (Fsp3) is 0.662. The van der Waals surface area contributed by atoms with Gasteiger partial charge in [0.2, 0.25) is 0 Å². The zero-order valence-corrected chi connectivity index (χ0v) is 48.1. The van der Waals surface area contributed by atoms with Crippen LogP contribution in [0, 0.1) is 0 Å². The van der Waals surface area contributed by atoms with Crippen LogP contribution in [0.5, 0.6) is 0 Å². The van der Waals surface area contributed by atoms with Crippen LogP contribution >= 0.6 is 0 Å². The maximum atomic E-state index is 12.9. The average molecular weight is 1030 g/mol. The summed E-state index contributed by atoms with van der Waals surface area (Å²) >= 11 is 0. The average Bonchev–Trinajstić information content (AvgIpc) is 3.40. The molecule has 0 fully saturated rings. The lowest BCUT2D eigenvalue weighted by Gasteiger charge is -2.18. The van der Waals surface area contributed by atoms with Crippen LogP contribution in [0.2, 0.25) is 0 Å². The number of hydrogen-bond acceptors (Lipinski definition) is 6. The summed E-state index contributed by atoms with van der Waals surface area (Å²) in [7, 11) is 0. The summed E-state index contributed by atoms with van der Waals surface area (Å²) in [5, 5.41) is 0. The summed E-state index contributed by atoms with van der Waals surface area (Å²) in [6.07, 6.45) is 84.8. The summed E-state index contributed by atoms with van der Waals surface area (Å²) in [5.41, 5.74) is 0. The highest BCUT2D eigenvalue weighted by Crippen LogP contribution is 2.15. The lowest BCUT2D eigenvalue weighted by Crippen LogP contribution is -2.30. The standard InChI is InChI=1S/C68H112O6/c1-4-7-10-13-16-19-22-25-27-29-31-32-33-34-35-36-37-39-40-43-46-49-52-55-58-61-67(70)73-64-65(63-72-66(69)60-57-54-51-48-45-42-24-21-18-15-12-9-6-3)74-68(71)62-59-56-53-50-47-44-41-38-30-28-26-23-20-17-14-11-8-5-2/h7,9-10,12,16,18-19,21,25,27-28,30-32,34-35,37,39,42,45,65H,4-6,8,11,13-15,17,20,22-24,26,29,33,36,38,40-41,43-44,46-64H2,1-3H3/b10-7-,12-9-,19-16-,21-18-,27-25-,30-28-,32-31-,35-34-,39-37-,45-42-. The van der Waals surface area contributed by atoms with Crippen molar-refractivity contribution in [2.24, 2.45) is 0 Å². The van der Waals surface area contributed by atoms with Gasteiger partial charge in [0.1, 0.15) is 13.2 Å². The molecule has 6 heteroatoms. The van der Waals surface area contributed by atoms with E-state index < -0.39 is 6.10 Å². The fourth-order valence-electron chi connectivity index (χ4n) is 8.16. The van der Waals surface area contributed by atoms with E-state index in [1.165, 1.54) is 96.3 Å². The molecular weight excluding hydrogens is 913 g/mol. The van der Waals surface area contributed by atoms with Crippen molar-refractivity contribution in [2.75, 3.05) is 13.2 Å². The molecule has 1 atom stereocenters. The fourth-order valence-corrected chi connectivity index (χ4v) is 8.16. The molecule has 6 nitrogen and oxygen atoms in total. The lowest BCUT2D eigenvalue weighted by atomic mass is 10.1. The number of unbranched alkanes of at least 4 members (excludes halogenated alkanes) is 23. The van der Waals surface area contributed by atoms with Gasteiger partial charge in [-0.1, -0.05) is 245 Å². The summed E-state index contributed by atoms with van der Waals surface area (Å²) in [6, 6.07) is 0. The Kier molecular flexibility index (Phi) is 57.9. The third kappa shape index (κ3) is 58.7. The first-order chi connectivity index (χ1) is 36.5. The van der Waals surface area contributed by atoms with E-state index in [4.69, 9.17) is 14.2 Å². The highest BCUT2D eigenvalue weighted by molar-refractivity contribution is 5.71. The van der Waals surface area contributed by atoms with E-state index in [-0.39, 0.29) is 31.1 Å². The molecule has 0 aliphatic rings. The quantitative estimate of drug-likeness (QED) is 0.0261. The second-order valence-corrected chi connectivity index (χ2v) is 19.8. The van der Waals surface area contributed by atoms with Gasteiger partial charge in [-0.15, -0.1) is 0 Å². The smallest absolute Gasteiger partial charge is 0.306 e. The van der Waals surface area contributed by atoms with Crippen LogP contribution in [0.25, 0.3) is 0 Å². The zero-order valence-electron chi connectivity index (χ0n) is 48.1. The molecule has 0 rings (SSSR count). The predicted octanol–water partition coefficient (Wildman–Crippen LogP) is 20.8. The Morgan fingerprint density at radius 3 is 0.851 bits per heavy atom. The lowest BCUT2D eigenvalue weighted by molar-refractivity contribution is -0.167. The molecule has 1 unspecified atom stereocenters. The third-order valence-electron chi connectivity index (χ3n) is 12.7. The van der Waals surface area contributed by atoms with Gasteiger partial charge in [-0.2, -0.15) is 0 Å². The largest absolute Gasteiger partial charge is 0.462 e. The molecule has 0 spiro atoms. The molecule has 0 heterocycles. The number of allylic oxidation sites excluding steroid dienone is 20. The van der Waals surface area contributed by atoms with E-state index in [1.807, 2.05) is 0 Å². The van der Waals surface area contributed by atoms with Crippen molar-refractivity contribution >= 4 is 17.9 Å². The Bertz CT molecular complexity index is 1550. The maximum absolute atomic E-state index is 12.9. The van der Waals surface area contributed by atoms with E-state index in [1.54, 1.807) is 0 Å². The van der Waals surface area contributed by atoms with Crippen molar-refractivity contribution in [3.8, 4) is 0 Å². The predicted molar refractivity (Wildman–Crippen MR) is 320 cm³/mol. The Labute approximate surface area is 456 Å². The van der Waals surface area contributed by atoms with E-state index in [9.17, 15) is 14.4 Å². The van der Waals surface area contributed by atoms with Crippen molar-refractivity contribution in [1.29, 1.82) is 0 Å². The number of carbonyl (C=O) groups excluding carboxylic acids is 3. The first-order valence-corrected chi connectivity index (χ1v) is 30.5. The van der Waals surface area contributed by atoms with Gasteiger partial charge in [0, 0.05) is 19.3 Å². The van der Waals surface area contributed by atoms with Gasteiger partial charge in [-0.25, -0.2) is 0 Å². The second-order valence-electron chi connectivity index (χ2n) is 19.8. The zero-order chi connectivity index (χ0) is 53.6. The Morgan fingerprint density at radius 2 is 0.527 bits per heavy atom. The first-order valence-electron chi connectivity index (χ1n) is 30.5. The number of ether oxygens (including phenoxy) is 3. The number of rotatable bonds is 54. The molecule has 420 valence electrons. The number of hydrogen-bond donors (Lipinski definition) is 0. The second kappa shape index (κ2) is 61.4. The van der Waals surface area contributed by atoms with Crippen molar-refractivity contribution in [1.82, 2.24) is 0 Å². The Hall–Kier alpha value is -4.19. The molecule has 0 amide bonds. The summed E-state index contributed by atoms with van der Waals surface area (Å²) < 4.78 is 16.9. The number of esters is 3. The maximum Gasteiger partial charge on any atom is 0.306 e. The molecule has 0 N–H and O–H groups in total. The molecule has 0 aromatic rings. The summed E-state index contributed by atoms with van der Waals surface area (Å²) in [6.45, 7) is 6.37. The van der Waals surface area contributed by atoms with Gasteiger partial charge in [0.05, 0.1) is 0 Å². The Morgan fingerprint density at radius 1 is 0.284 bits per heavy atom. The molecule has 0 aromatic carbocycles. The van der Waals surface area contributed by atoms with Gasteiger partial charge in [0.25, 0.3) is 0 Å². The van der Waals surface area contributed by atoms with E-state index in [2.05, 4.69) is 142 Å². The van der Waals surface area contributed by atoms with Gasteiger partial charge in [-0.05, 0) is 128 Å². The summed E-state index contributed by atoms with van der Waals surface area (Å²) in [5.74, 6) is -0.945. The highest BCUT2D eigenvalue weighted by atomic mass is 16.6. The van der Waals surface area contributed by atoms with Crippen molar-refractivity contribution < 1.29 is 28.6 Å². The van der Waals surface area contributed by atoms with Gasteiger partial charge < -0.3 is 14.2 Å². The van der Waals surface area contributed by atoms with Crippen LogP contribution in [0.15, 0.2) is 122 Å². The molecule has 74 heavy (non-hydrogen) atoms. The highest BCUT2D eigenvalue weighted by Gasteiger charge is 2.19. The van der Waals surface area contributed by atoms with Crippen LogP contribution in [-0.2, 0) is 28.6 Å². The van der Waals surface area contributed by atoms with E-state index in [0.29, 0.717) is 19.3 Å². The van der Waals surface area contributed by atoms with Gasteiger partial charge in [0.15, 0.2) is 6.10 Å². The van der Waals surface area contributed by atoms with Crippen LogP contribution < -0.4 is 0 Å². The van der Waals surface area contributed by atoms with Gasteiger partial charge in [-0.3, -0.25) is 14.4 Å². The van der Waals surface area contributed by atoms with Crippen LogP contribution in [-0.4, -0.2) is 37.2 Å². The normalized spacial score (nSPS) is 13.0. The molecule has 0 aromatic heterocycles.